The SMILES string of the molecule is CO/N=C1/C(=C/c2ccc(-n3cnc(C)c3)c(OC)c2)CCCN1C(CO)c1ccc(F)cc1Br. The van der Waals surface area contributed by atoms with Crippen LogP contribution in [0, 0.1) is 12.7 Å². The summed E-state index contributed by atoms with van der Waals surface area (Å²) in [5, 5.41) is 14.6. The third kappa shape index (κ3) is 5.41. The van der Waals surface area contributed by atoms with Crippen LogP contribution in [0.2, 0.25) is 0 Å². The van der Waals surface area contributed by atoms with Crippen LogP contribution >= 0.6 is 15.9 Å². The highest BCUT2D eigenvalue weighted by Gasteiger charge is 2.30. The Kier molecular flexibility index (Phi) is 7.87. The number of aliphatic hydroxyl groups excluding tert-OH is 1. The molecule has 1 aliphatic heterocycles. The topological polar surface area (TPSA) is 72.1 Å². The summed E-state index contributed by atoms with van der Waals surface area (Å²) in [5.74, 6) is 1.02. The van der Waals surface area contributed by atoms with Crippen LogP contribution in [0.25, 0.3) is 11.8 Å². The maximum absolute atomic E-state index is 13.7. The van der Waals surface area contributed by atoms with Crippen molar-refractivity contribution in [3.8, 4) is 11.4 Å². The van der Waals surface area contributed by atoms with E-state index in [9.17, 15) is 9.50 Å². The number of aliphatic hydroxyl groups is 1. The first-order chi connectivity index (χ1) is 16.9. The normalized spacial score (nSPS) is 17.1. The number of hydrogen-bond donors (Lipinski definition) is 1. The second kappa shape index (κ2) is 11.0. The van der Waals surface area contributed by atoms with E-state index >= 15 is 0 Å². The van der Waals surface area contributed by atoms with Crippen molar-refractivity contribution in [2.24, 2.45) is 5.16 Å². The summed E-state index contributed by atoms with van der Waals surface area (Å²) in [6, 6.07) is 10.1. The zero-order chi connectivity index (χ0) is 24.9. The van der Waals surface area contributed by atoms with E-state index in [1.807, 2.05) is 40.8 Å². The molecular formula is C26H28BrFN4O3. The molecule has 2 heterocycles. The van der Waals surface area contributed by atoms with E-state index in [2.05, 4.69) is 32.1 Å². The number of nitrogens with zero attached hydrogens (tertiary/aromatic N) is 4. The van der Waals surface area contributed by atoms with Gasteiger partial charge in [0.2, 0.25) is 0 Å². The van der Waals surface area contributed by atoms with Crippen LogP contribution in [0.1, 0.15) is 35.7 Å². The van der Waals surface area contributed by atoms with Gasteiger partial charge in [-0.05, 0) is 66.8 Å². The van der Waals surface area contributed by atoms with Gasteiger partial charge in [-0.2, -0.15) is 0 Å². The van der Waals surface area contributed by atoms with Crippen molar-refractivity contribution in [3.63, 3.8) is 0 Å². The number of likely N-dealkylation sites (tertiary alicyclic amines) is 1. The smallest absolute Gasteiger partial charge is 0.171 e. The van der Waals surface area contributed by atoms with Crippen molar-refractivity contribution in [3.05, 3.63) is 81.6 Å². The minimum absolute atomic E-state index is 0.160. The molecule has 0 radical (unpaired) electrons. The highest BCUT2D eigenvalue weighted by atomic mass is 79.9. The Morgan fingerprint density at radius 1 is 1.26 bits per heavy atom. The third-order valence-corrected chi connectivity index (χ3v) is 6.67. The van der Waals surface area contributed by atoms with Gasteiger partial charge in [-0.15, -0.1) is 0 Å². The molecule has 0 bridgehead atoms. The van der Waals surface area contributed by atoms with Crippen molar-refractivity contribution in [2.45, 2.75) is 25.8 Å². The van der Waals surface area contributed by atoms with E-state index in [1.54, 1.807) is 19.5 Å². The lowest BCUT2D eigenvalue weighted by Crippen LogP contribution is -2.41. The molecule has 184 valence electrons. The summed E-state index contributed by atoms with van der Waals surface area (Å²) in [4.78, 5) is 11.5. The van der Waals surface area contributed by atoms with E-state index in [4.69, 9.17) is 9.57 Å². The minimum atomic E-state index is -0.413. The van der Waals surface area contributed by atoms with E-state index < -0.39 is 6.04 Å². The summed E-state index contributed by atoms with van der Waals surface area (Å²) in [7, 11) is 3.15. The van der Waals surface area contributed by atoms with Gasteiger partial charge in [0.25, 0.3) is 0 Å². The summed E-state index contributed by atoms with van der Waals surface area (Å²) in [5.41, 5.74) is 4.52. The first kappa shape index (κ1) is 24.9. The maximum atomic E-state index is 13.7. The monoisotopic (exact) mass is 542 g/mol. The van der Waals surface area contributed by atoms with Gasteiger partial charge >= 0.3 is 0 Å². The molecule has 1 aromatic heterocycles. The van der Waals surface area contributed by atoms with Gasteiger partial charge in [-0.3, -0.25) is 0 Å². The number of imidazole rings is 1. The molecule has 1 fully saturated rings. The van der Waals surface area contributed by atoms with Gasteiger partial charge in [-0.1, -0.05) is 33.2 Å². The molecule has 1 atom stereocenters. The molecule has 1 saturated heterocycles. The van der Waals surface area contributed by atoms with E-state index in [0.717, 1.165) is 46.7 Å². The second-order valence-corrected chi connectivity index (χ2v) is 9.14. The van der Waals surface area contributed by atoms with Crippen LogP contribution in [-0.4, -0.2) is 52.8 Å². The largest absolute Gasteiger partial charge is 0.495 e. The number of aromatic nitrogens is 2. The molecule has 3 aromatic rings. The Hall–Kier alpha value is -3.17. The molecular weight excluding hydrogens is 515 g/mol. The van der Waals surface area contributed by atoms with Gasteiger partial charge < -0.3 is 24.1 Å². The minimum Gasteiger partial charge on any atom is -0.495 e. The molecule has 9 heteroatoms. The number of methoxy groups -OCH3 is 1. The Morgan fingerprint density at radius 3 is 2.74 bits per heavy atom. The molecule has 1 aliphatic rings. The van der Waals surface area contributed by atoms with Crippen LogP contribution in [0.4, 0.5) is 4.39 Å². The highest BCUT2D eigenvalue weighted by molar-refractivity contribution is 9.10. The number of rotatable bonds is 7. The fourth-order valence-electron chi connectivity index (χ4n) is 4.37. The molecule has 35 heavy (non-hydrogen) atoms. The standard InChI is InChI=1S/C26H28BrFN4O3/c1-17-14-31(16-29-17)23-9-6-18(12-25(23)34-2)11-19-5-4-10-32(26(19)30-35-3)24(15-33)21-8-7-20(28)13-22(21)27/h6-9,11-14,16,24,33H,4-5,10,15H2,1-3H3/b19-11+,30-26-. The molecule has 4 rings (SSSR count). The van der Waals surface area contributed by atoms with Crippen LogP contribution in [0.5, 0.6) is 5.75 Å². The Bertz CT molecular complexity index is 1260. The lowest BCUT2D eigenvalue weighted by Gasteiger charge is -2.37. The number of amidine groups is 1. The van der Waals surface area contributed by atoms with Gasteiger partial charge in [0.05, 0.1) is 37.5 Å². The average molecular weight is 543 g/mol. The predicted octanol–water partition coefficient (Wildman–Crippen LogP) is 5.26. The average Bonchev–Trinajstić information content (AvgIpc) is 3.28. The van der Waals surface area contributed by atoms with E-state index in [1.165, 1.54) is 19.2 Å². The molecule has 2 aromatic carbocycles. The second-order valence-electron chi connectivity index (χ2n) is 8.28. The van der Waals surface area contributed by atoms with Crippen LogP contribution < -0.4 is 4.74 Å². The quantitative estimate of drug-likeness (QED) is 0.412. The molecule has 0 amide bonds. The third-order valence-electron chi connectivity index (χ3n) is 5.99. The lowest BCUT2D eigenvalue weighted by atomic mass is 9.96. The Balaban J connectivity index is 1.70. The summed E-state index contributed by atoms with van der Waals surface area (Å²) < 4.78 is 21.9. The number of aryl methyl sites for hydroxylation is 1. The summed E-state index contributed by atoms with van der Waals surface area (Å²) >= 11 is 3.44. The van der Waals surface area contributed by atoms with Crippen molar-refractivity contribution in [2.75, 3.05) is 27.4 Å². The zero-order valence-electron chi connectivity index (χ0n) is 19.9. The number of hydrogen-bond acceptors (Lipinski definition) is 5. The molecule has 1 N–H and O–H groups in total. The van der Waals surface area contributed by atoms with Crippen molar-refractivity contribution in [1.29, 1.82) is 0 Å². The number of oxime groups is 1. The van der Waals surface area contributed by atoms with Crippen molar-refractivity contribution >= 4 is 27.8 Å². The first-order valence-electron chi connectivity index (χ1n) is 11.3. The van der Waals surface area contributed by atoms with Crippen LogP contribution in [-0.2, 0) is 4.84 Å². The molecule has 0 spiro atoms. The molecule has 1 unspecified atom stereocenters. The van der Waals surface area contributed by atoms with Crippen LogP contribution in [0.15, 0.2) is 64.1 Å². The van der Waals surface area contributed by atoms with Gasteiger partial charge in [0.1, 0.15) is 18.7 Å². The number of piperidine rings is 1. The first-order valence-corrected chi connectivity index (χ1v) is 12.1. The fourth-order valence-corrected chi connectivity index (χ4v) is 4.98. The molecule has 0 saturated carbocycles. The fraction of sp³-hybridized carbons (Fsp3) is 0.308. The number of benzene rings is 2. The van der Waals surface area contributed by atoms with Crippen molar-refractivity contribution < 1.29 is 19.1 Å². The lowest BCUT2D eigenvalue weighted by molar-refractivity contribution is 0.160. The van der Waals surface area contributed by atoms with Gasteiger partial charge in [0, 0.05) is 17.2 Å². The molecule has 0 aliphatic carbocycles. The van der Waals surface area contributed by atoms with Crippen molar-refractivity contribution in [1.82, 2.24) is 14.5 Å². The van der Waals surface area contributed by atoms with E-state index in [0.29, 0.717) is 16.9 Å². The summed E-state index contributed by atoms with van der Waals surface area (Å²) in [6.07, 6.45) is 7.43. The number of ether oxygens (including phenoxy) is 1. The number of halogens is 2. The zero-order valence-corrected chi connectivity index (χ0v) is 21.5. The van der Waals surface area contributed by atoms with E-state index in [-0.39, 0.29) is 12.4 Å². The van der Waals surface area contributed by atoms with Gasteiger partial charge in [0.15, 0.2) is 5.84 Å². The predicted molar refractivity (Wildman–Crippen MR) is 137 cm³/mol. The summed E-state index contributed by atoms with van der Waals surface area (Å²) in [6.45, 7) is 2.46. The Morgan fingerprint density at radius 2 is 2.09 bits per heavy atom. The maximum Gasteiger partial charge on any atom is 0.171 e. The van der Waals surface area contributed by atoms with Crippen LogP contribution in [0.3, 0.4) is 0 Å². The molecule has 7 nitrogen and oxygen atoms in total. The Labute approximate surface area is 212 Å². The highest BCUT2D eigenvalue weighted by Crippen LogP contribution is 2.34. The van der Waals surface area contributed by atoms with Gasteiger partial charge in [-0.25, -0.2) is 9.37 Å².